The van der Waals surface area contributed by atoms with Crippen LogP contribution >= 0.6 is 0 Å². The Balaban J connectivity index is 2.12. The largest absolute Gasteiger partial charge is 0.496 e. The van der Waals surface area contributed by atoms with Crippen molar-refractivity contribution < 1.29 is 18.9 Å². The Morgan fingerprint density at radius 2 is 1.81 bits per heavy atom. The van der Waals surface area contributed by atoms with Crippen LogP contribution in [-0.2, 0) is 4.74 Å². The van der Waals surface area contributed by atoms with Gasteiger partial charge in [0.25, 0.3) is 0 Å². The third kappa shape index (κ3) is 3.80. The molecule has 1 aromatic carbocycles. The quantitative estimate of drug-likeness (QED) is 0.838. The summed E-state index contributed by atoms with van der Waals surface area (Å²) < 4.78 is 21.7. The van der Waals surface area contributed by atoms with Gasteiger partial charge in [-0.25, -0.2) is 0 Å². The van der Waals surface area contributed by atoms with E-state index in [4.69, 9.17) is 24.7 Å². The highest BCUT2D eigenvalue weighted by Crippen LogP contribution is 2.38. The van der Waals surface area contributed by atoms with Gasteiger partial charge in [0.1, 0.15) is 5.75 Å². The summed E-state index contributed by atoms with van der Waals surface area (Å²) in [7, 11) is 4.86. The zero-order valence-electron chi connectivity index (χ0n) is 13.1. The first-order chi connectivity index (χ1) is 10.2. The Morgan fingerprint density at radius 1 is 1.14 bits per heavy atom. The zero-order chi connectivity index (χ0) is 15.2. The molecule has 2 unspecified atom stereocenters. The average molecular weight is 295 g/mol. The standard InChI is InChI=1S/C16H25NO4/c1-18-14-10-16(20-3)15(19-2)9-12(14)13(17)7-6-11-5-4-8-21-11/h9-11,13H,4-8,17H2,1-3H3. The maximum absolute atomic E-state index is 6.33. The summed E-state index contributed by atoms with van der Waals surface area (Å²) >= 11 is 0. The van der Waals surface area contributed by atoms with Crippen LogP contribution < -0.4 is 19.9 Å². The molecule has 1 aromatic rings. The van der Waals surface area contributed by atoms with Crippen LogP contribution in [-0.4, -0.2) is 34.0 Å². The molecule has 1 fully saturated rings. The number of methoxy groups -OCH3 is 3. The molecule has 2 rings (SSSR count). The maximum atomic E-state index is 6.33. The number of hydrogen-bond acceptors (Lipinski definition) is 5. The van der Waals surface area contributed by atoms with Crippen molar-refractivity contribution in [3.63, 3.8) is 0 Å². The predicted molar refractivity (Wildman–Crippen MR) is 81.2 cm³/mol. The molecule has 1 heterocycles. The Bertz CT molecular complexity index is 458. The Morgan fingerprint density at radius 3 is 2.38 bits per heavy atom. The SMILES string of the molecule is COc1cc(OC)c(C(N)CCC2CCCO2)cc1OC. The van der Waals surface area contributed by atoms with Crippen LogP contribution in [0.4, 0.5) is 0 Å². The highest BCUT2D eigenvalue weighted by atomic mass is 16.5. The third-order valence-electron chi connectivity index (χ3n) is 3.96. The van der Waals surface area contributed by atoms with E-state index in [2.05, 4.69) is 0 Å². The van der Waals surface area contributed by atoms with E-state index in [1.165, 1.54) is 0 Å². The van der Waals surface area contributed by atoms with Gasteiger partial charge in [0.15, 0.2) is 11.5 Å². The number of hydrogen-bond donors (Lipinski definition) is 1. The van der Waals surface area contributed by atoms with E-state index in [1.54, 1.807) is 21.3 Å². The molecule has 0 amide bonds. The van der Waals surface area contributed by atoms with Gasteiger partial charge < -0.3 is 24.7 Å². The summed E-state index contributed by atoms with van der Waals surface area (Å²) in [6.07, 6.45) is 4.46. The summed E-state index contributed by atoms with van der Waals surface area (Å²) in [5, 5.41) is 0. The number of nitrogens with two attached hydrogens (primary N) is 1. The monoisotopic (exact) mass is 295 g/mol. The van der Waals surface area contributed by atoms with Crippen LogP contribution in [0.5, 0.6) is 17.2 Å². The molecule has 1 aliphatic rings. The highest BCUT2D eigenvalue weighted by molar-refractivity contribution is 5.51. The van der Waals surface area contributed by atoms with Crippen molar-refractivity contribution in [3.8, 4) is 17.2 Å². The van der Waals surface area contributed by atoms with Crippen molar-refractivity contribution in [1.29, 1.82) is 0 Å². The average Bonchev–Trinajstić information content (AvgIpc) is 3.04. The minimum absolute atomic E-state index is 0.107. The Hall–Kier alpha value is -1.46. The van der Waals surface area contributed by atoms with Crippen LogP contribution in [0.25, 0.3) is 0 Å². The Kier molecular flexibility index (Phi) is 5.70. The van der Waals surface area contributed by atoms with Gasteiger partial charge in [0.2, 0.25) is 0 Å². The molecule has 5 nitrogen and oxygen atoms in total. The number of benzene rings is 1. The highest BCUT2D eigenvalue weighted by Gasteiger charge is 2.20. The summed E-state index contributed by atoms with van der Waals surface area (Å²) in [6.45, 7) is 0.875. The summed E-state index contributed by atoms with van der Waals surface area (Å²) in [6, 6.07) is 3.61. The van der Waals surface area contributed by atoms with E-state index in [0.717, 1.165) is 43.6 Å². The molecule has 21 heavy (non-hydrogen) atoms. The normalized spacial score (nSPS) is 19.3. The predicted octanol–water partition coefficient (Wildman–Crippen LogP) is 2.67. The van der Waals surface area contributed by atoms with Crippen molar-refractivity contribution in [1.82, 2.24) is 0 Å². The first-order valence-electron chi connectivity index (χ1n) is 7.36. The molecule has 1 saturated heterocycles. The van der Waals surface area contributed by atoms with Gasteiger partial charge in [-0.3, -0.25) is 0 Å². The maximum Gasteiger partial charge on any atom is 0.164 e. The number of rotatable bonds is 7. The van der Waals surface area contributed by atoms with Crippen molar-refractivity contribution in [2.75, 3.05) is 27.9 Å². The zero-order valence-corrected chi connectivity index (χ0v) is 13.1. The minimum atomic E-state index is -0.107. The van der Waals surface area contributed by atoms with Gasteiger partial charge in [-0.2, -0.15) is 0 Å². The molecule has 0 aliphatic carbocycles. The smallest absolute Gasteiger partial charge is 0.164 e. The molecule has 0 spiro atoms. The third-order valence-corrected chi connectivity index (χ3v) is 3.96. The van der Waals surface area contributed by atoms with Gasteiger partial charge in [-0.05, 0) is 31.7 Å². The van der Waals surface area contributed by atoms with E-state index >= 15 is 0 Å². The lowest BCUT2D eigenvalue weighted by Crippen LogP contribution is -2.15. The molecule has 0 saturated carbocycles. The van der Waals surface area contributed by atoms with Gasteiger partial charge in [0, 0.05) is 24.3 Å². The van der Waals surface area contributed by atoms with Crippen molar-refractivity contribution in [3.05, 3.63) is 17.7 Å². The number of ether oxygens (including phenoxy) is 4. The summed E-state index contributed by atoms with van der Waals surface area (Å²) in [4.78, 5) is 0. The van der Waals surface area contributed by atoms with E-state index in [9.17, 15) is 0 Å². The van der Waals surface area contributed by atoms with Crippen LogP contribution in [0, 0.1) is 0 Å². The molecule has 2 N–H and O–H groups in total. The van der Waals surface area contributed by atoms with Crippen LogP contribution in [0.2, 0.25) is 0 Å². The molecule has 0 bridgehead atoms. The van der Waals surface area contributed by atoms with Crippen molar-refractivity contribution in [2.45, 2.75) is 37.8 Å². The van der Waals surface area contributed by atoms with E-state index in [0.29, 0.717) is 17.6 Å². The lowest BCUT2D eigenvalue weighted by molar-refractivity contribution is 0.101. The van der Waals surface area contributed by atoms with E-state index in [1.807, 2.05) is 12.1 Å². The summed E-state index contributed by atoms with van der Waals surface area (Å²) in [5.74, 6) is 2.04. The molecule has 5 heteroatoms. The Labute approximate surface area is 126 Å². The van der Waals surface area contributed by atoms with Crippen molar-refractivity contribution >= 4 is 0 Å². The topological polar surface area (TPSA) is 62.9 Å². The van der Waals surface area contributed by atoms with E-state index < -0.39 is 0 Å². The first kappa shape index (κ1) is 15.9. The second-order valence-corrected chi connectivity index (χ2v) is 5.27. The van der Waals surface area contributed by atoms with Gasteiger partial charge >= 0.3 is 0 Å². The lowest BCUT2D eigenvalue weighted by atomic mass is 9.98. The van der Waals surface area contributed by atoms with Crippen molar-refractivity contribution in [2.24, 2.45) is 5.73 Å². The van der Waals surface area contributed by atoms with Crippen LogP contribution in [0.15, 0.2) is 12.1 Å². The molecule has 0 radical (unpaired) electrons. The summed E-state index contributed by atoms with van der Waals surface area (Å²) in [5.41, 5.74) is 7.27. The molecule has 1 aliphatic heterocycles. The molecule has 118 valence electrons. The van der Waals surface area contributed by atoms with Gasteiger partial charge in [0.05, 0.1) is 27.4 Å². The first-order valence-corrected chi connectivity index (χ1v) is 7.36. The van der Waals surface area contributed by atoms with Crippen LogP contribution in [0.3, 0.4) is 0 Å². The fourth-order valence-corrected chi connectivity index (χ4v) is 2.74. The molecule has 0 aromatic heterocycles. The van der Waals surface area contributed by atoms with E-state index in [-0.39, 0.29) is 6.04 Å². The second kappa shape index (κ2) is 7.52. The minimum Gasteiger partial charge on any atom is -0.496 e. The van der Waals surface area contributed by atoms with Crippen LogP contribution in [0.1, 0.15) is 37.3 Å². The molecular weight excluding hydrogens is 270 g/mol. The van der Waals surface area contributed by atoms with Gasteiger partial charge in [-0.1, -0.05) is 0 Å². The fourth-order valence-electron chi connectivity index (χ4n) is 2.74. The molecular formula is C16H25NO4. The van der Waals surface area contributed by atoms with Gasteiger partial charge in [-0.15, -0.1) is 0 Å². The fraction of sp³-hybridized carbons (Fsp3) is 0.625. The molecule has 2 atom stereocenters. The second-order valence-electron chi connectivity index (χ2n) is 5.27. The lowest BCUT2D eigenvalue weighted by Gasteiger charge is -2.19.